The van der Waals surface area contributed by atoms with E-state index in [0.717, 1.165) is 24.9 Å². The molecular weight excluding hydrogens is 226 g/mol. The van der Waals surface area contributed by atoms with Crippen molar-refractivity contribution in [3.05, 3.63) is 29.8 Å². The number of hydrogen-bond acceptors (Lipinski definition) is 2. The standard InChI is InChI=1S/C14H25NOSi/c1-14(2,17(3,4)16)11-5-6-12-7-9-13(15)10-8-12/h7-10,16H,5-6,11,15H2,1-4H3. The van der Waals surface area contributed by atoms with Crippen LogP contribution in [0.1, 0.15) is 32.3 Å². The Balaban J connectivity index is 2.45. The van der Waals surface area contributed by atoms with Crippen LogP contribution in [0.2, 0.25) is 18.1 Å². The lowest BCUT2D eigenvalue weighted by atomic mass is 10.0. The normalized spacial score (nSPS) is 12.8. The summed E-state index contributed by atoms with van der Waals surface area (Å²) in [7, 11) is -2.05. The molecule has 0 aliphatic heterocycles. The minimum Gasteiger partial charge on any atom is -0.432 e. The van der Waals surface area contributed by atoms with E-state index in [4.69, 9.17) is 5.73 Å². The van der Waals surface area contributed by atoms with Crippen LogP contribution in [-0.2, 0) is 6.42 Å². The molecule has 17 heavy (non-hydrogen) atoms. The molecule has 0 unspecified atom stereocenters. The van der Waals surface area contributed by atoms with Crippen molar-refractivity contribution in [2.75, 3.05) is 5.73 Å². The summed E-state index contributed by atoms with van der Waals surface area (Å²) < 4.78 is 0. The van der Waals surface area contributed by atoms with Crippen LogP contribution in [0.4, 0.5) is 5.69 Å². The number of rotatable bonds is 5. The predicted molar refractivity (Wildman–Crippen MR) is 77.5 cm³/mol. The third-order valence-corrected chi connectivity index (χ3v) is 7.47. The maximum absolute atomic E-state index is 10.2. The maximum Gasteiger partial charge on any atom is 0.188 e. The fourth-order valence-electron chi connectivity index (χ4n) is 1.72. The first-order chi connectivity index (χ1) is 7.72. The van der Waals surface area contributed by atoms with E-state index in [2.05, 4.69) is 26.0 Å². The van der Waals surface area contributed by atoms with Gasteiger partial charge in [-0.2, -0.15) is 0 Å². The number of nitrogen functional groups attached to an aromatic ring is 1. The van der Waals surface area contributed by atoms with Crippen LogP contribution < -0.4 is 5.73 Å². The minimum atomic E-state index is -2.05. The van der Waals surface area contributed by atoms with Gasteiger partial charge in [-0.05, 0) is 55.1 Å². The molecule has 96 valence electrons. The fourth-order valence-corrected chi connectivity index (χ4v) is 2.51. The Morgan fingerprint density at radius 1 is 1.18 bits per heavy atom. The Bertz CT molecular complexity index is 351. The second-order valence-corrected chi connectivity index (χ2v) is 10.5. The van der Waals surface area contributed by atoms with E-state index in [0.29, 0.717) is 0 Å². The highest BCUT2D eigenvalue weighted by atomic mass is 28.4. The van der Waals surface area contributed by atoms with Gasteiger partial charge in [-0.25, -0.2) is 0 Å². The van der Waals surface area contributed by atoms with Crippen molar-refractivity contribution in [2.24, 2.45) is 0 Å². The summed E-state index contributed by atoms with van der Waals surface area (Å²) in [6.45, 7) is 8.41. The highest BCUT2D eigenvalue weighted by Crippen LogP contribution is 2.40. The second kappa shape index (κ2) is 5.23. The van der Waals surface area contributed by atoms with Crippen LogP contribution in [-0.4, -0.2) is 13.1 Å². The summed E-state index contributed by atoms with van der Waals surface area (Å²) in [5.74, 6) is 0. The first-order valence-corrected chi connectivity index (χ1v) is 9.24. The molecule has 0 spiro atoms. The third-order valence-electron chi connectivity index (χ3n) is 3.90. The number of benzene rings is 1. The number of anilines is 1. The Morgan fingerprint density at radius 2 is 1.71 bits per heavy atom. The van der Waals surface area contributed by atoms with Crippen molar-refractivity contribution in [2.45, 2.75) is 51.2 Å². The van der Waals surface area contributed by atoms with Gasteiger partial charge >= 0.3 is 0 Å². The van der Waals surface area contributed by atoms with Crippen molar-refractivity contribution in [3.63, 3.8) is 0 Å². The van der Waals surface area contributed by atoms with Gasteiger partial charge in [0.05, 0.1) is 0 Å². The zero-order valence-corrected chi connectivity index (χ0v) is 12.5. The molecule has 0 aromatic heterocycles. The van der Waals surface area contributed by atoms with E-state index in [-0.39, 0.29) is 5.04 Å². The molecule has 3 heteroatoms. The highest BCUT2D eigenvalue weighted by molar-refractivity contribution is 6.72. The molecule has 0 fully saturated rings. The van der Waals surface area contributed by atoms with Crippen molar-refractivity contribution in [1.82, 2.24) is 0 Å². The van der Waals surface area contributed by atoms with E-state index in [1.807, 2.05) is 25.2 Å². The van der Waals surface area contributed by atoms with Crippen LogP contribution in [0.3, 0.4) is 0 Å². The van der Waals surface area contributed by atoms with Gasteiger partial charge in [0.15, 0.2) is 8.32 Å². The van der Waals surface area contributed by atoms with Crippen molar-refractivity contribution < 1.29 is 4.80 Å². The quantitative estimate of drug-likeness (QED) is 0.621. The van der Waals surface area contributed by atoms with Gasteiger partial charge < -0.3 is 10.5 Å². The first kappa shape index (κ1) is 14.3. The van der Waals surface area contributed by atoms with E-state index < -0.39 is 8.32 Å². The molecule has 2 nitrogen and oxygen atoms in total. The maximum atomic E-state index is 10.2. The van der Waals surface area contributed by atoms with E-state index >= 15 is 0 Å². The summed E-state index contributed by atoms with van der Waals surface area (Å²) >= 11 is 0. The molecule has 0 bridgehead atoms. The van der Waals surface area contributed by atoms with Gasteiger partial charge in [0.2, 0.25) is 0 Å². The van der Waals surface area contributed by atoms with E-state index in [1.165, 1.54) is 5.56 Å². The van der Waals surface area contributed by atoms with Crippen molar-refractivity contribution in [1.29, 1.82) is 0 Å². The van der Waals surface area contributed by atoms with Crippen LogP contribution in [0.15, 0.2) is 24.3 Å². The molecule has 0 amide bonds. The lowest BCUT2D eigenvalue weighted by Crippen LogP contribution is -2.38. The Labute approximate surface area is 106 Å². The van der Waals surface area contributed by atoms with Crippen molar-refractivity contribution in [3.8, 4) is 0 Å². The molecule has 1 aromatic rings. The largest absolute Gasteiger partial charge is 0.432 e. The molecule has 0 saturated heterocycles. The van der Waals surface area contributed by atoms with Gasteiger partial charge in [0.25, 0.3) is 0 Å². The van der Waals surface area contributed by atoms with Crippen LogP contribution >= 0.6 is 0 Å². The minimum absolute atomic E-state index is 0.0841. The highest BCUT2D eigenvalue weighted by Gasteiger charge is 2.37. The summed E-state index contributed by atoms with van der Waals surface area (Å²) in [6.07, 6.45) is 3.26. The molecule has 0 aliphatic carbocycles. The molecule has 0 heterocycles. The average Bonchev–Trinajstić information content (AvgIpc) is 2.19. The molecular formula is C14H25NOSi. The molecule has 0 aliphatic rings. The molecule has 1 aromatic carbocycles. The summed E-state index contributed by atoms with van der Waals surface area (Å²) in [5, 5.41) is 0.0841. The lowest BCUT2D eigenvalue weighted by Gasteiger charge is -2.35. The Morgan fingerprint density at radius 3 is 2.18 bits per heavy atom. The lowest BCUT2D eigenvalue weighted by molar-refractivity contribution is 0.443. The molecule has 0 atom stereocenters. The van der Waals surface area contributed by atoms with Crippen LogP contribution in [0.25, 0.3) is 0 Å². The number of hydrogen-bond donors (Lipinski definition) is 2. The van der Waals surface area contributed by atoms with Gasteiger partial charge in [0, 0.05) is 5.69 Å². The number of aryl methyl sites for hydroxylation is 1. The molecule has 0 radical (unpaired) electrons. The zero-order valence-electron chi connectivity index (χ0n) is 11.5. The average molecular weight is 251 g/mol. The SMILES string of the molecule is CC(C)(CCCc1ccc(N)cc1)[Si](C)(C)O. The monoisotopic (exact) mass is 251 g/mol. The second-order valence-electron chi connectivity index (χ2n) is 6.04. The van der Waals surface area contributed by atoms with Gasteiger partial charge in [-0.3, -0.25) is 0 Å². The zero-order chi connectivity index (χ0) is 13.1. The van der Waals surface area contributed by atoms with Gasteiger partial charge in [0.1, 0.15) is 0 Å². The molecule has 1 rings (SSSR count). The summed E-state index contributed by atoms with van der Waals surface area (Å²) in [6, 6.07) is 8.07. The van der Waals surface area contributed by atoms with Crippen LogP contribution in [0, 0.1) is 0 Å². The Hall–Kier alpha value is -0.803. The summed E-state index contributed by atoms with van der Waals surface area (Å²) in [5.41, 5.74) is 7.80. The third kappa shape index (κ3) is 4.17. The van der Waals surface area contributed by atoms with E-state index in [9.17, 15) is 4.80 Å². The smallest absolute Gasteiger partial charge is 0.188 e. The number of nitrogens with two attached hydrogens (primary N) is 1. The Kier molecular flexibility index (Phi) is 4.39. The molecule has 0 saturated carbocycles. The first-order valence-electron chi connectivity index (χ1n) is 6.29. The van der Waals surface area contributed by atoms with Gasteiger partial charge in [-0.1, -0.05) is 26.0 Å². The topological polar surface area (TPSA) is 46.2 Å². The van der Waals surface area contributed by atoms with Crippen LogP contribution in [0.5, 0.6) is 0 Å². The van der Waals surface area contributed by atoms with E-state index in [1.54, 1.807) is 0 Å². The molecule has 3 N–H and O–H groups in total. The van der Waals surface area contributed by atoms with Crippen molar-refractivity contribution >= 4 is 14.0 Å². The van der Waals surface area contributed by atoms with Gasteiger partial charge in [-0.15, -0.1) is 0 Å². The predicted octanol–water partition coefficient (Wildman–Crippen LogP) is 3.57. The summed E-state index contributed by atoms with van der Waals surface area (Å²) in [4.78, 5) is 10.2. The fraction of sp³-hybridized carbons (Fsp3) is 0.571.